The van der Waals surface area contributed by atoms with Gasteiger partial charge in [0.05, 0.1) is 0 Å². The van der Waals surface area contributed by atoms with E-state index in [1.165, 1.54) is 0 Å². The van der Waals surface area contributed by atoms with Crippen LogP contribution in [-0.4, -0.2) is 59.8 Å². The van der Waals surface area contributed by atoms with Crippen molar-refractivity contribution in [1.82, 2.24) is 21.3 Å². The van der Waals surface area contributed by atoms with E-state index in [2.05, 4.69) is 21.3 Å². The first-order valence-corrected chi connectivity index (χ1v) is 8.77. The number of hydrogen-bond donors (Lipinski definition) is 4. The van der Waals surface area contributed by atoms with E-state index in [0.29, 0.717) is 13.1 Å². The predicted octanol–water partition coefficient (Wildman–Crippen LogP) is -0.312. The summed E-state index contributed by atoms with van der Waals surface area (Å²) >= 11 is 12.1. The van der Waals surface area contributed by atoms with Gasteiger partial charge in [-0.2, -0.15) is 0 Å². The molecule has 6 nitrogen and oxygen atoms in total. The predicted molar refractivity (Wildman–Crippen MR) is 85.2 cm³/mol. The minimum Gasteiger partial charge on any atom is -0.341 e. The van der Waals surface area contributed by atoms with Gasteiger partial charge in [-0.15, -0.1) is 23.2 Å². The maximum absolute atomic E-state index is 12.4. The van der Waals surface area contributed by atoms with E-state index in [9.17, 15) is 9.59 Å². The van der Waals surface area contributed by atoms with Crippen molar-refractivity contribution < 1.29 is 9.59 Å². The van der Waals surface area contributed by atoms with Crippen LogP contribution >= 0.6 is 23.2 Å². The molecular formula is C14H22Cl2N4O2. The van der Waals surface area contributed by atoms with Crippen LogP contribution in [0, 0.1) is 0 Å². The zero-order valence-corrected chi connectivity index (χ0v) is 13.8. The van der Waals surface area contributed by atoms with Gasteiger partial charge in [0.25, 0.3) is 0 Å². The lowest BCUT2D eigenvalue weighted by Gasteiger charge is -2.40. The molecule has 6 atom stereocenters. The normalized spacial score (nSPS) is 43.4. The van der Waals surface area contributed by atoms with Crippen LogP contribution in [0.1, 0.15) is 25.7 Å². The van der Waals surface area contributed by atoms with E-state index in [1.54, 1.807) is 0 Å². The number of nitrogens with one attached hydrogen (secondary N) is 4. The summed E-state index contributed by atoms with van der Waals surface area (Å²) in [6.45, 7) is 1.33. The molecule has 3 saturated heterocycles. The van der Waals surface area contributed by atoms with Gasteiger partial charge < -0.3 is 21.3 Å². The summed E-state index contributed by atoms with van der Waals surface area (Å²) in [5, 5.41) is 12.5. The molecule has 0 aromatic carbocycles. The first-order chi connectivity index (χ1) is 10.5. The van der Waals surface area contributed by atoms with Gasteiger partial charge in [0.2, 0.25) is 11.8 Å². The van der Waals surface area contributed by atoms with Gasteiger partial charge in [0.15, 0.2) is 0 Å². The van der Waals surface area contributed by atoms with Crippen molar-refractivity contribution in [3.63, 3.8) is 0 Å². The Morgan fingerprint density at radius 1 is 0.727 bits per heavy atom. The topological polar surface area (TPSA) is 82.3 Å². The fraction of sp³-hybridized carbons (Fsp3) is 0.857. The number of piperidine rings is 2. The first-order valence-electron chi connectivity index (χ1n) is 7.90. The molecule has 6 unspecified atom stereocenters. The third-order valence-electron chi connectivity index (χ3n) is 4.75. The summed E-state index contributed by atoms with van der Waals surface area (Å²) in [5.74, 6) is -0.241. The van der Waals surface area contributed by atoms with E-state index in [-0.39, 0.29) is 34.7 Å². The van der Waals surface area contributed by atoms with Crippen molar-refractivity contribution in [2.24, 2.45) is 0 Å². The van der Waals surface area contributed by atoms with Gasteiger partial charge >= 0.3 is 0 Å². The summed E-state index contributed by atoms with van der Waals surface area (Å²) < 4.78 is 0. The fourth-order valence-electron chi connectivity index (χ4n) is 3.44. The molecule has 0 saturated carbocycles. The SMILES string of the molecule is O=C1NC(C2CCC(Cl)CN2)C(=O)NC1C1CCC(Cl)CN1. The Kier molecular flexibility index (Phi) is 5.12. The quantitative estimate of drug-likeness (QED) is 0.516. The second kappa shape index (κ2) is 6.91. The van der Waals surface area contributed by atoms with Gasteiger partial charge in [-0.3, -0.25) is 9.59 Å². The summed E-state index contributed by atoms with van der Waals surface area (Å²) in [6, 6.07) is -1.13. The number of carbonyl (C=O) groups is 2. The van der Waals surface area contributed by atoms with Gasteiger partial charge in [-0.05, 0) is 25.7 Å². The molecule has 124 valence electrons. The van der Waals surface area contributed by atoms with Crippen LogP contribution in [0.2, 0.25) is 0 Å². The number of hydrogen-bond acceptors (Lipinski definition) is 4. The van der Waals surface area contributed by atoms with Crippen LogP contribution in [0.5, 0.6) is 0 Å². The minimum atomic E-state index is -0.516. The molecule has 3 rings (SSSR count). The first kappa shape index (κ1) is 16.3. The average molecular weight is 349 g/mol. The molecule has 0 aromatic rings. The Bertz CT molecular complexity index is 395. The molecular weight excluding hydrogens is 327 g/mol. The van der Waals surface area contributed by atoms with Crippen molar-refractivity contribution in [2.45, 2.75) is 60.6 Å². The summed E-state index contributed by atoms with van der Waals surface area (Å²) in [5.41, 5.74) is 0. The van der Waals surface area contributed by atoms with E-state index < -0.39 is 12.1 Å². The van der Waals surface area contributed by atoms with Crippen molar-refractivity contribution in [2.75, 3.05) is 13.1 Å². The number of halogens is 2. The maximum atomic E-state index is 12.4. The molecule has 8 heteroatoms. The standard InChI is InChI=1S/C14H22Cl2N4O2/c15-7-1-3-9(17-5-7)11-13(21)20-12(14(22)19-11)10-4-2-8(16)6-18-10/h7-12,17-18H,1-6H2,(H,19,22)(H,20,21). The maximum Gasteiger partial charge on any atom is 0.244 e. The number of rotatable bonds is 2. The monoisotopic (exact) mass is 348 g/mol. The minimum absolute atomic E-state index is 0.0496. The van der Waals surface area contributed by atoms with Crippen molar-refractivity contribution >= 4 is 35.0 Å². The van der Waals surface area contributed by atoms with E-state index in [0.717, 1.165) is 25.7 Å². The second-order valence-electron chi connectivity index (χ2n) is 6.35. The summed E-state index contributed by atoms with van der Waals surface area (Å²) in [6.07, 6.45) is 3.27. The Balaban J connectivity index is 1.59. The highest BCUT2D eigenvalue weighted by Crippen LogP contribution is 2.20. The highest BCUT2D eigenvalue weighted by atomic mass is 35.5. The van der Waals surface area contributed by atoms with E-state index in [1.807, 2.05) is 0 Å². The van der Waals surface area contributed by atoms with Crippen LogP contribution in [-0.2, 0) is 9.59 Å². The molecule has 0 aromatic heterocycles. The van der Waals surface area contributed by atoms with Gasteiger partial charge in [-0.25, -0.2) is 0 Å². The van der Waals surface area contributed by atoms with Crippen molar-refractivity contribution in [1.29, 1.82) is 0 Å². The Morgan fingerprint density at radius 2 is 1.14 bits per heavy atom. The molecule has 3 heterocycles. The Morgan fingerprint density at radius 3 is 1.45 bits per heavy atom. The molecule has 0 aliphatic carbocycles. The van der Waals surface area contributed by atoms with E-state index >= 15 is 0 Å². The third kappa shape index (κ3) is 3.50. The van der Waals surface area contributed by atoms with Crippen LogP contribution in [0.4, 0.5) is 0 Å². The van der Waals surface area contributed by atoms with Gasteiger partial charge in [-0.1, -0.05) is 0 Å². The molecule has 2 amide bonds. The Hall–Kier alpha value is -0.560. The number of carbonyl (C=O) groups excluding carboxylic acids is 2. The van der Waals surface area contributed by atoms with Gasteiger partial charge in [0, 0.05) is 35.9 Å². The zero-order valence-electron chi connectivity index (χ0n) is 12.3. The van der Waals surface area contributed by atoms with Crippen LogP contribution in [0.25, 0.3) is 0 Å². The van der Waals surface area contributed by atoms with E-state index in [4.69, 9.17) is 23.2 Å². The van der Waals surface area contributed by atoms with Crippen LogP contribution < -0.4 is 21.3 Å². The van der Waals surface area contributed by atoms with Crippen LogP contribution in [0.3, 0.4) is 0 Å². The largest absolute Gasteiger partial charge is 0.341 e. The smallest absolute Gasteiger partial charge is 0.244 e. The average Bonchev–Trinajstić information content (AvgIpc) is 2.51. The summed E-state index contributed by atoms with van der Waals surface area (Å²) in [7, 11) is 0. The number of alkyl halides is 2. The highest BCUT2D eigenvalue weighted by Gasteiger charge is 2.42. The lowest BCUT2D eigenvalue weighted by atomic mass is 9.91. The zero-order chi connectivity index (χ0) is 15.7. The number of amides is 2. The molecule has 3 fully saturated rings. The highest BCUT2D eigenvalue weighted by molar-refractivity contribution is 6.21. The number of piperazine rings is 1. The molecule has 0 radical (unpaired) electrons. The van der Waals surface area contributed by atoms with Crippen LogP contribution in [0.15, 0.2) is 0 Å². The third-order valence-corrected chi connectivity index (χ3v) is 5.50. The van der Waals surface area contributed by atoms with Crippen molar-refractivity contribution in [3.8, 4) is 0 Å². The molecule has 3 aliphatic heterocycles. The molecule has 0 bridgehead atoms. The summed E-state index contributed by atoms with van der Waals surface area (Å²) in [4.78, 5) is 24.8. The molecule has 3 aliphatic rings. The lowest BCUT2D eigenvalue weighted by molar-refractivity contribution is -0.138. The van der Waals surface area contributed by atoms with Crippen molar-refractivity contribution in [3.05, 3.63) is 0 Å². The lowest BCUT2D eigenvalue weighted by Crippen LogP contribution is -2.71. The molecule has 0 spiro atoms. The second-order valence-corrected chi connectivity index (χ2v) is 7.59. The van der Waals surface area contributed by atoms with Gasteiger partial charge in [0.1, 0.15) is 12.1 Å². The Labute approximate surface area is 140 Å². The molecule has 4 N–H and O–H groups in total. The fourth-order valence-corrected chi connectivity index (χ4v) is 3.87. The molecule has 22 heavy (non-hydrogen) atoms.